The zero-order valence-electron chi connectivity index (χ0n) is 10.8. The number of hydrogen-bond donors (Lipinski definition) is 2. The number of phenolic OH excluding ortho intramolecular Hbond substituents is 1. The molecule has 1 aromatic rings. The number of benzene rings is 1. The van der Waals surface area contributed by atoms with Gasteiger partial charge in [-0.1, -0.05) is 11.6 Å². The van der Waals surface area contributed by atoms with Crippen LogP contribution in [0.1, 0.15) is 18.6 Å². The van der Waals surface area contributed by atoms with Crippen molar-refractivity contribution < 1.29 is 29.2 Å². The largest absolute Gasteiger partial charge is 0.506 e. The zero-order valence-corrected chi connectivity index (χ0v) is 11.5. The summed E-state index contributed by atoms with van der Waals surface area (Å²) >= 11 is 5.89. The van der Waals surface area contributed by atoms with Gasteiger partial charge in [0.2, 0.25) is 0 Å². The quantitative estimate of drug-likeness (QED) is 0.802. The highest BCUT2D eigenvalue weighted by molar-refractivity contribution is 6.34. The first-order chi connectivity index (χ1) is 8.97. The molecule has 0 amide bonds. The van der Waals surface area contributed by atoms with Crippen molar-refractivity contribution in [1.29, 1.82) is 0 Å². The van der Waals surface area contributed by atoms with Crippen molar-refractivity contribution in [3.05, 3.63) is 16.7 Å². The Labute approximate surface area is 115 Å². The molecule has 1 rings (SSSR count). The number of aromatic hydroxyl groups is 1. The normalized spacial score (nSPS) is 11.8. The maximum Gasteiger partial charge on any atom is 0.339 e. The first kappa shape index (κ1) is 15.4. The average molecular weight is 291 g/mol. The number of phenols is 1. The van der Waals surface area contributed by atoms with Crippen LogP contribution in [0.3, 0.4) is 0 Å². The Bertz CT molecular complexity index is 474. The highest BCUT2D eigenvalue weighted by Gasteiger charge is 2.27. The second kappa shape index (κ2) is 6.49. The summed E-state index contributed by atoms with van der Waals surface area (Å²) in [6, 6.07) is 1.27. The van der Waals surface area contributed by atoms with Crippen LogP contribution in [0.25, 0.3) is 0 Å². The maximum atomic E-state index is 11.5. The first-order valence-corrected chi connectivity index (χ1v) is 5.83. The van der Waals surface area contributed by atoms with E-state index in [2.05, 4.69) is 4.74 Å². The van der Waals surface area contributed by atoms with E-state index in [-0.39, 0.29) is 28.7 Å². The summed E-state index contributed by atoms with van der Waals surface area (Å²) in [5, 5.41) is 19.5. The predicted octanol–water partition coefficient (Wildman–Crippen LogP) is 1.66. The Morgan fingerprint density at radius 1 is 1.42 bits per heavy atom. The molecule has 0 saturated heterocycles. The van der Waals surface area contributed by atoms with Gasteiger partial charge in [-0.25, -0.2) is 4.79 Å². The number of halogens is 1. The molecule has 0 aliphatic rings. The molecule has 0 fully saturated rings. The van der Waals surface area contributed by atoms with Gasteiger partial charge in [0.15, 0.2) is 17.6 Å². The van der Waals surface area contributed by atoms with Gasteiger partial charge < -0.3 is 24.4 Å². The van der Waals surface area contributed by atoms with E-state index >= 15 is 0 Å². The number of ether oxygens (including phenoxy) is 3. The number of aliphatic hydroxyl groups excluding tert-OH is 1. The number of hydrogen-bond acceptors (Lipinski definition) is 6. The standard InChI is InChI=1S/C12H15ClO6/c1-4-19-12(16)10(15)6-5-7(17-2)11(18-3)8(13)9(6)14/h5,10,14-15H,4H2,1-3H3. The van der Waals surface area contributed by atoms with Crippen molar-refractivity contribution in [1.82, 2.24) is 0 Å². The fraction of sp³-hybridized carbons (Fsp3) is 0.417. The number of rotatable bonds is 5. The number of aliphatic hydroxyl groups is 1. The molecular formula is C12H15ClO6. The molecule has 1 atom stereocenters. The fourth-order valence-corrected chi connectivity index (χ4v) is 1.80. The second-order valence-electron chi connectivity index (χ2n) is 3.52. The Kier molecular flexibility index (Phi) is 5.26. The third-order valence-electron chi connectivity index (χ3n) is 2.42. The van der Waals surface area contributed by atoms with Gasteiger partial charge in [-0.15, -0.1) is 0 Å². The molecular weight excluding hydrogens is 276 g/mol. The van der Waals surface area contributed by atoms with Crippen LogP contribution < -0.4 is 9.47 Å². The van der Waals surface area contributed by atoms with Gasteiger partial charge in [0.1, 0.15) is 10.8 Å². The zero-order chi connectivity index (χ0) is 14.6. The van der Waals surface area contributed by atoms with Crippen molar-refractivity contribution in [3.8, 4) is 17.2 Å². The smallest absolute Gasteiger partial charge is 0.339 e. The van der Waals surface area contributed by atoms with Crippen LogP contribution in [0.5, 0.6) is 17.2 Å². The molecule has 0 spiro atoms. The van der Waals surface area contributed by atoms with Gasteiger partial charge in [0.05, 0.1) is 20.8 Å². The molecule has 19 heavy (non-hydrogen) atoms. The van der Waals surface area contributed by atoms with E-state index in [1.807, 2.05) is 0 Å². The number of methoxy groups -OCH3 is 2. The van der Waals surface area contributed by atoms with E-state index in [9.17, 15) is 15.0 Å². The van der Waals surface area contributed by atoms with E-state index in [0.29, 0.717) is 0 Å². The summed E-state index contributed by atoms with van der Waals surface area (Å²) in [6.07, 6.45) is -1.66. The molecule has 1 aromatic carbocycles. The Morgan fingerprint density at radius 3 is 2.53 bits per heavy atom. The molecule has 106 valence electrons. The van der Waals surface area contributed by atoms with Crippen molar-refractivity contribution in [3.63, 3.8) is 0 Å². The summed E-state index contributed by atoms with van der Waals surface area (Å²) < 4.78 is 14.7. The maximum absolute atomic E-state index is 11.5. The lowest BCUT2D eigenvalue weighted by Gasteiger charge is -2.16. The second-order valence-corrected chi connectivity index (χ2v) is 3.90. The van der Waals surface area contributed by atoms with Gasteiger partial charge in [0, 0.05) is 5.56 Å². The summed E-state index contributed by atoms with van der Waals surface area (Å²) in [7, 11) is 2.72. The van der Waals surface area contributed by atoms with Crippen LogP contribution in [-0.2, 0) is 9.53 Å². The highest BCUT2D eigenvalue weighted by Crippen LogP contribution is 2.45. The van der Waals surface area contributed by atoms with E-state index in [1.54, 1.807) is 6.92 Å². The minimum atomic E-state index is -1.66. The van der Waals surface area contributed by atoms with Crippen LogP contribution in [0.2, 0.25) is 5.02 Å². The summed E-state index contributed by atoms with van der Waals surface area (Å²) in [5.74, 6) is -1.05. The number of carbonyl (C=O) groups excluding carboxylic acids is 1. The molecule has 1 unspecified atom stereocenters. The van der Waals surface area contributed by atoms with E-state index in [4.69, 9.17) is 21.1 Å². The molecule has 6 nitrogen and oxygen atoms in total. The summed E-state index contributed by atoms with van der Waals surface area (Å²) in [6.45, 7) is 1.71. The molecule has 0 saturated carbocycles. The fourth-order valence-electron chi connectivity index (χ4n) is 1.52. The summed E-state index contributed by atoms with van der Waals surface area (Å²) in [4.78, 5) is 11.5. The average Bonchev–Trinajstić information content (AvgIpc) is 2.41. The van der Waals surface area contributed by atoms with Crippen LogP contribution >= 0.6 is 11.6 Å². The van der Waals surface area contributed by atoms with Crippen LogP contribution in [0.15, 0.2) is 6.07 Å². The van der Waals surface area contributed by atoms with Crippen molar-refractivity contribution in [2.75, 3.05) is 20.8 Å². The van der Waals surface area contributed by atoms with Gasteiger partial charge >= 0.3 is 5.97 Å². The third kappa shape index (κ3) is 3.02. The molecule has 2 N–H and O–H groups in total. The van der Waals surface area contributed by atoms with Crippen LogP contribution in [-0.4, -0.2) is 37.0 Å². The van der Waals surface area contributed by atoms with Crippen molar-refractivity contribution >= 4 is 17.6 Å². The van der Waals surface area contributed by atoms with Gasteiger partial charge in [0.25, 0.3) is 0 Å². The topological polar surface area (TPSA) is 85.2 Å². The first-order valence-electron chi connectivity index (χ1n) is 5.45. The molecule has 0 heterocycles. The third-order valence-corrected chi connectivity index (χ3v) is 2.77. The van der Waals surface area contributed by atoms with Gasteiger partial charge in [-0.2, -0.15) is 0 Å². The van der Waals surface area contributed by atoms with E-state index < -0.39 is 17.8 Å². The predicted molar refractivity (Wildman–Crippen MR) is 67.8 cm³/mol. The van der Waals surface area contributed by atoms with Crippen LogP contribution in [0.4, 0.5) is 0 Å². The molecule has 7 heteroatoms. The molecule has 0 bridgehead atoms. The van der Waals surface area contributed by atoms with Crippen molar-refractivity contribution in [2.24, 2.45) is 0 Å². The molecule has 0 aliphatic heterocycles. The highest BCUT2D eigenvalue weighted by atomic mass is 35.5. The number of carbonyl (C=O) groups is 1. The minimum absolute atomic E-state index is 0.109. The SMILES string of the molecule is CCOC(=O)C(O)c1cc(OC)c(OC)c(Cl)c1O. The van der Waals surface area contributed by atoms with E-state index in [1.165, 1.54) is 20.3 Å². The van der Waals surface area contributed by atoms with Crippen LogP contribution in [0, 0.1) is 0 Å². The lowest BCUT2D eigenvalue weighted by molar-refractivity contribution is -0.153. The lowest BCUT2D eigenvalue weighted by Crippen LogP contribution is -2.15. The molecule has 0 aliphatic carbocycles. The number of esters is 1. The Balaban J connectivity index is 3.29. The summed E-state index contributed by atoms with van der Waals surface area (Å²) in [5.41, 5.74) is -0.110. The van der Waals surface area contributed by atoms with E-state index in [0.717, 1.165) is 0 Å². The lowest BCUT2D eigenvalue weighted by atomic mass is 10.1. The monoisotopic (exact) mass is 290 g/mol. The Hall–Kier alpha value is -1.66. The van der Waals surface area contributed by atoms with Gasteiger partial charge in [-0.05, 0) is 13.0 Å². The van der Waals surface area contributed by atoms with Crippen molar-refractivity contribution in [2.45, 2.75) is 13.0 Å². The molecule has 0 aromatic heterocycles. The minimum Gasteiger partial charge on any atom is -0.506 e. The Morgan fingerprint density at radius 2 is 2.05 bits per heavy atom. The van der Waals surface area contributed by atoms with Gasteiger partial charge in [-0.3, -0.25) is 0 Å². The molecule has 0 radical (unpaired) electrons.